The third-order valence-electron chi connectivity index (χ3n) is 5.26. The molecule has 1 saturated heterocycles. The smallest absolute Gasteiger partial charge is 0.244 e. The van der Waals surface area contributed by atoms with Gasteiger partial charge in [0, 0.05) is 38.4 Å². The van der Waals surface area contributed by atoms with Crippen molar-refractivity contribution in [2.24, 2.45) is 11.3 Å². The van der Waals surface area contributed by atoms with Crippen molar-refractivity contribution >= 4 is 37.4 Å². The fourth-order valence-corrected chi connectivity index (χ4v) is 6.48. The Morgan fingerprint density at radius 3 is 2.29 bits per heavy atom. The van der Waals surface area contributed by atoms with Crippen molar-refractivity contribution in [3.63, 3.8) is 0 Å². The lowest BCUT2D eigenvalue weighted by Crippen LogP contribution is -2.46. The predicted molar refractivity (Wildman–Crippen MR) is 121 cm³/mol. The number of sulfonamides is 1. The molecule has 0 spiro atoms. The number of sulfone groups is 1. The molecule has 8 nitrogen and oxygen atoms in total. The van der Waals surface area contributed by atoms with Gasteiger partial charge < -0.3 is 10.2 Å². The van der Waals surface area contributed by atoms with Gasteiger partial charge >= 0.3 is 0 Å². The average Bonchev–Trinajstić information content (AvgIpc) is 2.64. The van der Waals surface area contributed by atoms with Gasteiger partial charge in [0.2, 0.25) is 15.9 Å². The summed E-state index contributed by atoms with van der Waals surface area (Å²) < 4.78 is 51.0. The monoisotopic (exact) mass is 493 g/mol. The minimum atomic E-state index is -3.97. The van der Waals surface area contributed by atoms with E-state index in [1.807, 2.05) is 14.1 Å². The zero-order valence-electron chi connectivity index (χ0n) is 18.7. The van der Waals surface area contributed by atoms with Crippen LogP contribution in [0.3, 0.4) is 0 Å². The molecule has 0 saturated carbocycles. The van der Waals surface area contributed by atoms with Crippen molar-refractivity contribution in [3.8, 4) is 0 Å². The standard InChI is InChI=1S/C20H32ClN3O5S2/c1-20(2,14-23(3)4)13-22-19(25)15-8-10-24(11-9-15)31(28,29)18-12-16(30(5,26)27)6-7-17(18)21/h6-7,12,15H,8-11,13-14H2,1-5H3,(H,22,25). The van der Waals surface area contributed by atoms with E-state index in [0.717, 1.165) is 18.9 Å². The third-order valence-corrected chi connectivity index (χ3v) is 8.75. The Balaban J connectivity index is 2.05. The molecule has 11 heteroatoms. The molecule has 1 N–H and O–H groups in total. The quantitative estimate of drug-likeness (QED) is 0.592. The predicted octanol–water partition coefficient (Wildman–Crippen LogP) is 1.85. The average molecular weight is 494 g/mol. The van der Waals surface area contributed by atoms with Gasteiger partial charge in [-0.25, -0.2) is 16.8 Å². The first-order valence-corrected chi connectivity index (χ1v) is 13.8. The Kier molecular flexibility index (Phi) is 8.19. The fourth-order valence-electron chi connectivity index (χ4n) is 3.79. The van der Waals surface area contributed by atoms with E-state index in [9.17, 15) is 21.6 Å². The number of halogens is 1. The van der Waals surface area contributed by atoms with Crippen LogP contribution in [0.1, 0.15) is 26.7 Å². The summed E-state index contributed by atoms with van der Waals surface area (Å²) in [6.45, 7) is 5.86. The lowest BCUT2D eigenvalue weighted by molar-refractivity contribution is -0.126. The summed E-state index contributed by atoms with van der Waals surface area (Å²) in [4.78, 5) is 14.3. The number of hydrogen-bond acceptors (Lipinski definition) is 6. The van der Waals surface area contributed by atoms with Crippen LogP contribution in [0.15, 0.2) is 28.0 Å². The number of piperidine rings is 1. The minimum absolute atomic E-state index is 0.0320. The largest absolute Gasteiger partial charge is 0.355 e. The maximum atomic E-state index is 13.1. The number of rotatable bonds is 8. The van der Waals surface area contributed by atoms with Crippen LogP contribution < -0.4 is 5.32 Å². The zero-order valence-corrected chi connectivity index (χ0v) is 21.1. The van der Waals surface area contributed by atoms with Crippen LogP contribution >= 0.6 is 11.6 Å². The van der Waals surface area contributed by atoms with Gasteiger partial charge in [-0.05, 0) is 50.6 Å². The highest BCUT2D eigenvalue weighted by Crippen LogP contribution is 2.30. The van der Waals surface area contributed by atoms with E-state index in [-0.39, 0.29) is 45.1 Å². The molecule has 0 aliphatic carbocycles. The van der Waals surface area contributed by atoms with E-state index in [4.69, 9.17) is 11.6 Å². The van der Waals surface area contributed by atoms with Crippen LogP contribution in [0.2, 0.25) is 5.02 Å². The second-order valence-corrected chi connectivity index (χ2v) is 13.5. The maximum Gasteiger partial charge on any atom is 0.244 e. The molecule has 2 rings (SSSR count). The van der Waals surface area contributed by atoms with Gasteiger partial charge in [-0.15, -0.1) is 0 Å². The van der Waals surface area contributed by atoms with E-state index in [1.54, 1.807) is 0 Å². The van der Waals surface area contributed by atoms with Gasteiger partial charge in [-0.3, -0.25) is 4.79 Å². The molecule has 0 unspecified atom stereocenters. The number of hydrogen-bond donors (Lipinski definition) is 1. The molecule has 0 aromatic heterocycles. The van der Waals surface area contributed by atoms with Crippen molar-refractivity contribution in [1.82, 2.24) is 14.5 Å². The van der Waals surface area contributed by atoms with Gasteiger partial charge in [-0.1, -0.05) is 25.4 Å². The summed E-state index contributed by atoms with van der Waals surface area (Å²) in [6, 6.07) is 3.66. The van der Waals surface area contributed by atoms with Gasteiger partial charge in [-0.2, -0.15) is 4.31 Å². The van der Waals surface area contributed by atoms with Gasteiger partial charge in [0.25, 0.3) is 0 Å². The lowest BCUT2D eigenvalue weighted by Gasteiger charge is -2.32. The van der Waals surface area contributed by atoms with Crippen molar-refractivity contribution < 1.29 is 21.6 Å². The lowest BCUT2D eigenvalue weighted by atomic mass is 9.91. The normalized spacial score (nSPS) is 17.1. The number of amides is 1. The van der Waals surface area contributed by atoms with Crippen LogP contribution in [0.25, 0.3) is 0 Å². The summed E-state index contributed by atoms with van der Waals surface area (Å²) in [5.41, 5.74) is -0.0788. The molecule has 1 aliphatic heterocycles. The first kappa shape index (κ1) is 26.1. The van der Waals surface area contributed by atoms with E-state index >= 15 is 0 Å². The van der Waals surface area contributed by atoms with E-state index < -0.39 is 19.9 Å². The highest BCUT2D eigenvalue weighted by molar-refractivity contribution is 7.91. The second kappa shape index (κ2) is 9.74. The molecule has 1 fully saturated rings. The summed E-state index contributed by atoms with van der Waals surface area (Å²) in [7, 11) is -3.58. The van der Waals surface area contributed by atoms with Gasteiger partial charge in [0.05, 0.1) is 9.92 Å². The molecule has 1 aromatic carbocycles. The van der Waals surface area contributed by atoms with Crippen molar-refractivity contribution in [2.75, 3.05) is 46.5 Å². The Hall–Kier alpha value is -1.20. The fraction of sp³-hybridized carbons (Fsp3) is 0.650. The maximum absolute atomic E-state index is 13.1. The molecule has 31 heavy (non-hydrogen) atoms. The van der Waals surface area contributed by atoms with Crippen LogP contribution in [-0.4, -0.2) is 78.5 Å². The molecular weight excluding hydrogens is 462 g/mol. The Morgan fingerprint density at radius 2 is 1.77 bits per heavy atom. The number of benzene rings is 1. The SMILES string of the molecule is CN(C)CC(C)(C)CNC(=O)C1CCN(S(=O)(=O)c2cc(S(C)(=O)=O)ccc2Cl)CC1. The van der Waals surface area contributed by atoms with E-state index in [0.29, 0.717) is 19.4 Å². The number of nitrogens with zero attached hydrogens (tertiary/aromatic N) is 2. The third kappa shape index (κ3) is 6.89. The van der Waals surface area contributed by atoms with Crippen LogP contribution in [0.5, 0.6) is 0 Å². The highest BCUT2D eigenvalue weighted by atomic mass is 35.5. The van der Waals surface area contributed by atoms with Crippen molar-refractivity contribution in [3.05, 3.63) is 23.2 Å². The van der Waals surface area contributed by atoms with Crippen LogP contribution in [-0.2, 0) is 24.7 Å². The molecule has 0 bridgehead atoms. The number of carbonyl (C=O) groups is 1. The van der Waals surface area contributed by atoms with Gasteiger partial charge in [0.1, 0.15) is 4.90 Å². The van der Waals surface area contributed by atoms with Gasteiger partial charge in [0.15, 0.2) is 9.84 Å². The highest BCUT2D eigenvalue weighted by Gasteiger charge is 2.34. The number of nitrogens with one attached hydrogen (secondary N) is 1. The first-order valence-electron chi connectivity index (χ1n) is 10.1. The van der Waals surface area contributed by atoms with E-state index in [2.05, 4.69) is 24.1 Å². The zero-order chi connectivity index (χ0) is 23.6. The molecule has 1 amide bonds. The molecule has 1 aromatic rings. The Labute approximate surface area is 190 Å². The van der Waals surface area contributed by atoms with E-state index in [1.165, 1.54) is 16.4 Å². The summed E-state index contributed by atoms with van der Waals surface area (Å²) in [5.74, 6) is -0.333. The Bertz CT molecular complexity index is 1020. The Morgan fingerprint density at radius 1 is 1.19 bits per heavy atom. The summed E-state index contributed by atoms with van der Waals surface area (Å²) >= 11 is 6.08. The molecule has 1 heterocycles. The molecule has 176 valence electrons. The summed E-state index contributed by atoms with van der Waals surface area (Å²) in [6.07, 6.45) is 1.79. The topological polar surface area (TPSA) is 104 Å². The first-order chi connectivity index (χ1) is 14.1. The second-order valence-electron chi connectivity index (χ2n) is 9.16. The molecular formula is C20H32ClN3O5S2. The molecule has 1 aliphatic rings. The van der Waals surface area contributed by atoms with Crippen molar-refractivity contribution in [2.45, 2.75) is 36.5 Å². The summed E-state index contributed by atoms with van der Waals surface area (Å²) in [5, 5.41) is 2.96. The van der Waals surface area contributed by atoms with Crippen LogP contribution in [0, 0.1) is 11.3 Å². The molecule has 0 atom stereocenters. The molecule has 0 radical (unpaired) electrons. The minimum Gasteiger partial charge on any atom is -0.355 e. The van der Waals surface area contributed by atoms with Crippen LogP contribution in [0.4, 0.5) is 0 Å². The van der Waals surface area contributed by atoms with Crippen molar-refractivity contribution in [1.29, 1.82) is 0 Å². The number of carbonyl (C=O) groups excluding carboxylic acids is 1.